The minimum absolute atomic E-state index is 0.0985. The van der Waals surface area contributed by atoms with Gasteiger partial charge in [-0.25, -0.2) is 8.42 Å². The van der Waals surface area contributed by atoms with Crippen LogP contribution in [-0.4, -0.2) is 62.9 Å². The van der Waals surface area contributed by atoms with Crippen molar-refractivity contribution in [2.24, 2.45) is 0 Å². The van der Waals surface area contributed by atoms with Crippen molar-refractivity contribution in [3.63, 3.8) is 0 Å². The largest absolute Gasteiger partial charge is 0.493 e. The minimum Gasteiger partial charge on any atom is -0.493 e. The molecule has 0 saturated carbocycles. The molecule has 0 unspecified atom stereocenters. The molecule has 4 rings (SSSR count). The number of methoxy groups -OCH3 is 1. The van der Waals surface area contributed by atoms with Crippen LogP contribution in [0.15, 0.2) is 35.2 Å². The second kappa shape index (κ2) is 9.52. The Morgan fingerprint density at radius 2 is 1.73 bits per heavy atom. The smallest absolute Gasteiger partial charge is 0.254 e. The Hall–Kier alpha value is -2.29. The Labute approximate surface area is 200 Å². The molecule has 0 bridgehead atoms. The van der Waals surface area contributed by atoms with Gasteiger partial charge in [-0.2, -0.15) is 4.31 Å². The van der Waals surface area contributed by atoms with Crippen LogP contribution in [0.4, 0.5) is 0 Å². The summed E-state index contributed by atoms with van der Waals surface area (Å²) in [6.45, 7) is 4.84. The third-order valence-electron chi connectivity index (χ3n) is 6.06. The number of nitrogens with zero attached hydrogens (tertiary/aromatic N) is 2. The lowest BCUT2D eigenvalue weighted by atomic mass is 10.1. The zero-order chi connectivity index (χ0) is 23.8. The molecular formula is C24H29ClN2O5S. The SMILES string of the molecule is COc1cc(C(=O)N2CCN(S(=O)(=O)c3ccc4c(c3)CCC4)CC2)cc(Cl)c1OC(C)C. The van der Waals surface area contributed by atoms with Crippen LogP contribution in [0.2, 0.25) is 5.02 Å². The lowest BCUT2D eigenvalue weighted by Crippen LogP contribution is -2.50. The van der Waals surface area contributed by atoms with Gasteiger partial charge < -0.3 is 14.4 Å². The number of benzene rings is 2. The normalized spacial score (nSPS) is 16.7. The molecule has 178 valence electrons. The predicted octanol–water partition coefficient (Wildman–Crippen LogP) is 3.77. The van der Waals surface area contributed by atoms with Crippen LogP contribution in [0.25, 0.3) is 0 Å². The van der Waals surface area contributed by atoms with Crippen molar-refractivity contribution < 1.29 is 22.7 Å². The van der Waals surface area contributed by atoms with Crippen molar-refractivity contribution >= 4 is 27.5 Å². The number of hydrogen-bond acceptors (Lipinski definition) is 5. The van der Waals surface area contributed by atoms with Crippen LogP contribution >= 0.6 is 11.6 Å². The molecule has 2 aromatic carbocycles. The lowest BCUT2D eigenvalue weighted by Gasteiger charge is -2.34. The van der Waals surface area contributed by atoms with Gasteiger partial charge in [0.25, 0.3) is 5.91 Å². The molecule has 1 fully saturated rings. The summed E-state index contributed by atoms with van der Waals surface area (Å²) in [5.74, 6) is 0.564. The van der Waals surface area contributed by atoms with E-state index in [1.54, 1.807) is 23.1 Å². The average molecular weight is 493 g/mol. The molecule has 2 aromatic rings. The van der Waals surface area contributed by atoms with E-state index in [4.69, 9.17) is 21.1 Å². The first-order valence-corrected chi connectivity index (χ1v) is 13.0. The lowest BCUT2D eigenvalue weighted by molar-refractivity contribution is 0.0697. The number of ether oxygens (including phenoxy) is 2. The number of hydrogen-bond donors (Lipinski definition) is 0. The van der Waals surface area contributed by atoms with E-state index in [0.29, 0.717) is 40.1 Å². The van der Waals surface area contributed by atoms with Crippen LogP contribution in [0, 0.1) is 0 Å². The van der Waals surface area contributed by atoms with Crippen molar-refractivity contribution in [2.75, 3.05) is 33.3 Å². The predicted molar refractivity (Wildman–Crippen MR) is 127 cm³/mol. The molecular weight excluding hydrogens is 464 g/mol. The zero-order valence-corrected chi connectivity index (χ0v) is 20.7. The van der Waals surface area contributed by atoms with E-state index in [-0.39, 0.29) is 25.1 Å². The first kappa shape index (κ1) is 23.9. The summed E-state index contributed by atoms with van der Waals surface area (Å²) in [5.41, 5.74) is 2.74. The van der Waals surface area contributed by atoms with E-state index in [2.05, 4.69) is 0 Å². The molecule has 1 saturated heterocycles. The summed E-state index contributed by atoms with van der Waals surface area (Å²) in [6, 6.07) is 8.62. The highest BCUT2D eigenvalue weighted by Crippen LogP contribution is 2.37. The van der Waals surface area contributed by atoms with Gasteiger partial charge in [-0.05, 0) is 68.5 Å². The Balaban J connectivity index is 1.46. The van der Waals surface area contributed by atoms with Crippen LogP contribution in [0.5, 0.6) is 11.5 Å². The number of sulfonamides is 1. The van der Waals surface area contributed by atoms with Crippen LogP contribution in [0.3, 0.4) is 0 Å². The van der Waals surface area contributed by atoms with Crippen molar-refractivity contribution in [2.45, 2.75) is 44.1 Å². The van der Waals surface area contributed by atoms with Gasteiger partial charge in [-0.15, -0.1) is 0 Å². The van der Waals surface area contributed by atoms with Gasteiger partial charge in [0.15, 0.2) is 11.5 Å². The quantitative estimate of drug-likeness (QED) is 0.613. The standard InChI is InChI=1S/C24H29ClN2O5S/c1-16(2)32-23-21(25)14-19(15-22(23)31-3)24(28)26-9-11-27(12-10-26)33(29,30)20-8-7-17-5-4-6-18(17)13-20/h7-8,13-16H,4-6,9-12H2,1-3H3. The number of amides is 1. The maximum atomic E-state index is 13.2. The monoisotopic (exact) mass is 492 g/mol. The van der Waals surface area contributed by atoms with Gasteiger partial charge in [0.2, 0.25) is 10.0 Å². The molecule has 1 aliphatic heterocycles. The molecule has 0 N–H and O–H groups in total. The Morgan fingerprint density at radius 1 is 1.03 bits per heavy atom. The Bertz CT molecular complexity index is 1160. The van der Waals surface area contributed by atoms with E-state index in [9.17, 15) is 13.2 Å². The molecule has 2 aliphatic rings. The second-order valence-electron chi connectivity index (χ2n) is 8.64. The number of carbonyl (C=O) groups excluding carboxylic acids is 1. The number of carbonyl (C=O) groups is 1. The van der Waals surface area contributed by atoms with Crippen molar-refractivity contribution in [3.05, 3.63) is 52.0 Å². The highest BCUT2D eigenvalue weighted by molar-refractivity contribution is 7.89. The van der Waals surface area contributed by atoms with E-state index < -0.39 is 10.0 Å². The maximum Gasteiger partial charge on any atom is 0.254 e. The van der Waals surface area contributed by atoms with Crippen LogP contribution < -0.4 is 9.47 Å². The maximum absolute atomic E-state index is 13.2. The molecule has 7 nitrogen and oxygen atoms in total. The summed E-state index contributed by atoms with van der Waals surface area (Å²) in [7, 11) is -2.10. The van der Waals surface area contributed by atoms with E-state index in [0.717, 1.165) is 24.8 Å². The third-order valence-corrected chi connectivity index (χ3v) is 8.24. The molecule has 1 aliphatic carbocycles. The van der Waals surface area contributed by atoms with Crippen molar-refractivity contribution in [1.29, 1.82) is 0 Å². The molecule has 1 heterocycles. The molecule has 0 radical (unpaired) electrons. The van der Waals surface area contributed by atoms with Gasteiger partial charge in [0, 0.05) is 31.7 Å². The highest BCUT2D eigenvalue weighted by atomic mass is 35.5. The van der Waals surface area contributed by atoms with Crippen molar-refractivity contribution in [1.82, 2.24) is 9.21 Å². The van der Waals surface area contributed by atoms with E-state index in [1.165, 1.54) is 17.0 Å². The van der Waals surface area contributed by atoms with Crippen LogP contribution in [-0.2, 0) is 22.9 Å². The zero-order valence-electron chi connectivity index (χ0n) is 19.1. The fourth-order valence-electron chi connectivity index (χ4n) is 4.37. The molecule has 33 heavy (non-hydrogen) atoms. The first-order chi connectivity index (χ1) is 15.7. The fourth-order valence-corrected chi connectivity index (χ4v) is 6.09. The van der Waals surface area contributed by atoms with Crippen molar-refractivity contribution in [3.8, 4) is 11.5 Å². The number of fused-ring (bicyclic) bond motifs is 1. The topological polar surface area (TPSA) is 76.2 Å². The first-order valence-electron chi connectivity index (χ1n) is 11.2. The van der Waals surface area contributed by atoms with E-state index >= 15 is 0 Å². The van der Waals surface area contributed by atoms with Crippen LogP contribution in [0.1, 0.15) is 41.8 Å². The summed E-state index contributed by atoms with van der Waals surface area (Å²) in [5, 5.41) is 0.296. The van der Waals surface area contributed by atoms with Gasteiger partial charge in [0.05, 0.1) is 23.1 Å². The van der Waals surface area contributed by atoms with Gasteiger partial charge in [-0.3, -0.25) is 4.79 Å². The van der Waals surface area contributed by atoms with Gasteiger partial charge in [-0.1, -0.05) is 17.7 Å². The molecule has 0 spiro atoms. The minimum atomic E-state index is -3.59. The Morgan fingerprint density at radius 3 is 2.39 bits per heavy atom. The second-order valence-corrected chi connectivity index (χ2v) is 11.0. The van der Waals surface area contributed by atoms with Gasteiger partial charge >= 0.3 is 0 Å². The summed E-state index contributed by atoms with van der Waals surface area (Å²) >= 11 is 6.37. The summed E-state index contributed by atoms with van der Waals surface area (Å²) in [6.07, 6.45) is 2.90. The number of piperazine rings is 1. The number of aryl methyl sites for hydroxylation is 2. The van der Waals surface area contributed by atoms with E-state index in [1.807, 2.05) is 26.0 Å². The highest BCUT2D eigenvalue weighted by Gasteiger charge is 2.31. The van der Waals surface area contributed by atoms with Gasteiger partial charge in [0.1, 0.15) is 0 Å². The molecule has 0 aromatic heterocycles. The Kier molecular flexibility index (Phi) is 6.88. The number of halogens is 1. The summed E-state index contributed by atoms with van der Waals surface area (Å²) in [4.78, 5) is 15.1. The molecule has 0 atom stereocenters. The summed E-state index contributed by atoms with van der Waals surface area (Å²) < 4.78 is 38.9. The average Bonchev–Trinajstić information content (AvgIpc) is 3.27. The molecule has 9 heteroatoms. The molecule has 1 amide bonds. The fraction of sp³-hybridized carbons (Fsp3) is 0.458. The third kappa shape index (κ3) is 4.83. The number of rotatable bonds is 6.